The summed E-state index contributed by atoms with van der Waals surface area (Å²) in [7, 11) is 0. The summed E-state index contributed by atoms with van der Waals surface area (Å²) in [6.45, 7) is 11.5. The molecule has 4 nitrogen and oxygen atoms in total. The first-order chi connectivity index (χ1) is 10.2. The Hall–Kier alpha value is -1.10. The number of aliphatic hydroxyl groups excluding tert-OH is 1. The third kappa shape index (κ3) is 8.05. The monoisotopic (exact) mass is 294 g/mol. The minimum atomic E-state index is -0.473. The molecule has 0 spiro atoms. The summed E-state index contributed by atoms with van der Waals surface area (Å²) >= 11 is 0. The average Bonchev–Trinajstić information content (AvgIpc) is 2.49. The third-order valence-corrected chi connectivity index (χ3v) is 3.53. The van der Waals surface area contributed by atoms with Crippen LogP contribution in [0.2, 0.25) is 0 Å². The van der Waals surface area contributed by atoms with Gasteiger partial charge in [0, 0.05) is 6.54 Å². The lowest BCUT2D eigenvalue weighted by atomic mass is 10.2. The van der Waals surface area contributed by atoms with Crippen molar-refractivity contribution in [2.45, 2.75) is 33.3 Å². The van der Waals surface area contributed by atoms with E-state index in [1.54, 1.807) is 0 Å². The Labute approximate surface area is 129 Å². The highest BCUT2D eigenvalue weighted by Gasteiger charge is 2.05. The van der Waals surface area contributed by atoms with E-state index < -0.39 is 6.10 Å². The highest BCUT2D eigenvalue weighted by atomic mass is 16.5. The zero-order valence-electron chi connectivity index (χ0n) is 13.6. The van der Waals surface area contributed by atoms with E-state index in [0.717, 1.165) is 43.9 Å². The normalized spacial score (nSPS) is 12.6. The van der Waals surface area contributed by atoms with E-state index in [-0.39, 0.29) is 0 Å². The van der Waals surface area contributed by atoms with Crippen molar-refractivity contribution in [1.29, 1.82) is 0 Å². The van der Waals surface area contributed by atoms with Crippen LogP contribution in [-0.2, 0) is 0 Å². The van der Waals surface area contributed by atoms with Gasteiger partial charge in [-0.3, -0.25) is 0 Å². The van der Waals surface area contributed by atoms with Crippen LogP contribution in [0, 0.1) is 6.92 Å². The van der Waals surface area contributed by atoms with E-state index in [0.29, 0.717) is 13.2 Å². The van der Waals surface area contributed by atoms with Crippen molar-refractivity contribution in [3.05, 3.63) is 29.8 Å². The van der Waals surface area contributed by atoms with Crippen LogP contribution in [0.15, 0.2) is 24.3 Å². The molecular formula is C17H30N2O2. The largest absolute Gasteiger partial charge is 0.491 e. The number of hydrogen-bond acceptors (Lipinski definition) is 4. The first-order valence-corrected chi connectivity index (χ1v) is 7.96. The molecule has 120 valence electrons. The Kier molecular flexibility index (Phi) is 9.06. The number of benzene rings is 1. The molecule has 0 aromatic heterocycles. The van der Waals surface area contributed by atoms with Crippen LogP contribution in [0.25, 0.3) is 0 Å². The summed E-state index contributed by atoms with van der Waals surface area (Å²) in [6.07, 6.45) is 0.631. The highest BCUT2D eigenvalue weighted by molar-refractivity contribution is 5.27. The van der Waals surface area contributed by atoms with Crippen LogP contribution in [0.3, 0.4) is 0 Å². The molecule has 1 unspecified atom stereocenters. The van der Waals surface area contributed by atoms with Crippen molar-refractivity contribution in [2.75, 3.05) is 39.3 Å². The van der Waals surface area contributed by atoms with Crippen molar-refractivity contribution in [3.63, 3.8) is 0 Å². The van der Waals surface area contributed by atoms with Gasteiger partial charge in [0.25, 0.3) is 0 Å². The maximum Gasteiger partial charge on any atom is 0.119 e. The molecule has 0 fully saturated rings. The zero-order chi connectivity index (χ0) is 15.5. The second-order valence-electron chi connectivity index (χ2n) is 5.37. The number of aliphatic hydroxyl groups is 1. The molecule has 0 aliphatic rings. The minimum absolute atomic E-state index is 0.326. The summed E-state index contributed by atoms with van der Waals surface area (Å²) in [6, 6.07) is 7.88. The molecule has 0 heterocycles. The SMILES string of the molecule is CCN(CC)CCCNCC(O)COc1cccc(C)c1. The van der Waals surface area contributed by atoms with Crippen LogP contribution in [0.1, 0.15) is 25.8 Å². The van der Waals surface area contributed by atoms with Gasteiger partial charge in [0.15, 0.2) is 0 Å². The molecule has 1 aromatic carbocycles. The second-order valence-corrected chi connectivity index (χ2v) is 5.37. The van der Waals surface area contributed by atoms with Gasteiger partial charge in [-0.15, -0.1) is 0 Å². The summed E-state index contributed by atoms with van der Waals surface area (Å²) in [5, 5.41) is 13.2. The number of ether oxygens (including phenoxy) is 1. The van der Waals surface area contributed by atoms with Crippen LogP contribution in [0.5, 0.6) is 5.75 Å². The van der Waals surface area contributed by atoms with Crippen LogP contribution < -0.4 is 10.1 Å². The van der Waals surface area contributed by atoms with Crippen molar-refractivity contribution in [2.24, 2.45) is 0 Å². The van der Waals surface area contributed by atoms with Crippen molar-refractivity contribution < 1.29 is 9.84 Å². The molecule has 0 saturated carbocycles. The van der Waals surface area contributed by atoms with Gasteiger partial charge in [-0.2, -0.15) is 0 Å². The fraction of sp³-hybridized carbons (Fsp3) is 0.647. The lowest BCUT2D eigenvalue weighted by molar-refractivity contribution is 0.106. The molecule has 1 rings (SSSR count). The van der Waals surface area contributed by atoms with Gasteiger partial charge in [0.1, 0.15) is 18.5 Å². The number of rotatable bonds is 11. The predicted molar refractivity (Wildman–Crippen MR) is 88.0 cm³/mol. The van der Waals surface area contributed by atoms with Crippen molar-refractivity contribution in [1.82, 2.24) is 10.2 Å². The number of aryl methyl sites for hydroxylation is 1. The Morgan fingerprint density at radius 1 is 1.29 bits per heavy atom. The molecule has 0 aliphatic heterocycles. The van der Waals surface area contributed by atoms with Gasteiger partial charge in [0.05, 0.1) is 0 Å². The molecule has 0 amide bonds. The Balaban J connectivity index is 2.07. The average molecular weight is 294 g/mol. The van der Waals surface area contributed by atoms with E-state index in [2.05, 4.69) is 24.1 Å². The molecule has 4 heteroatoms. The van der Waals surface area contributed by atoms with Gasteiger partial charge in [-0.25, -0.2) is 0 Å². The zero-order valence-corrected chi connectivity index (χ0v) is 13.6. The lowest BCUT2D eigenvalue weighted by Gasteiger charge is -2.18. The number of nitrogens with zero attached hydrogens (tertiary/aromatic N) is 1. The maximum atomic E-state index is 9.88. The first-order valence-electron chi connectivity index (χ1n) is 7.96. The molecule has 0 aliphatic carbocycles. The van der Waals surface area contributed by atoms with E-state index in [4.69, 9.17) is 4.74 Å². The van der Waals surface area contributed by atoms with Gasteiger partial charge < -0.3 is 20.1 Å². The fourth-order valence-electron chi connectivity index (χ4n) is 2.19. The maximum absolute atomic E-state index is 9.88. The molecule has 2 N–H and O–H groups in total. The predicted octanol–water partition coefficient (Wildman–Crippen LogP) is 2.06. The van der Waals surface area contributed by atoms with Crippen molar-refractivity contribution >= 4 is 0 Å². The second kappa shape index (κ2) is 10.6. The quantitative estimate of drug-likeness (QED) is 0.613. The molecular weight excluding hydrogens is 264 g/mol. The van der Waals surface area contributed by atoms with E-state index in [9.17, 15) is 5.11 Å². The minimum Gasteiger partial charge on any atom is -0.491 e. The lowest BCUT2D eigenvalue weighted by Crippen LogP contribution is -2.33. The summed E-state index contributed by atoms with van der Waals surface area (Å²) in [5.41, 5.74) is 1.16. The Morgan fingerprint density at radius 2 is 2.05 bits per heavy atom. The summed E-state index contributed by atoms with van der Waals surface area (Å²) < 4.78 is 5.58. The molecule has 21 heavy (non-hydrogen) atoms. The van der Waals surface area contributed by atoms with Gasteiger partial charge in [-0.05, 0) is 57.2 Å². The van der Waals surface area contributed by atoms with Crippen LogP contribution in [-0.4, -0.2) is 55.4 Å². The smallest absolute Gasteiger partial charge is 0.119 e. The molecule has 0 radical (unpaired) electrons. The summed E-state index contributed by atoms with van der Waals surface area (Å²) in [5.74, 6) is 0.815. The summed E-state index contributed by atoms with van der Waals surface area (Å²) in [4.78, 5) is 2.40. The molecule has 1 aromatic rings. The van der Waals surface area contributed by atoms with Crippen LogP contribution >= 0.6 is 0 Å². The molecule has 0 bridgehead atoms. The first kappa shape index (κ1) is 18.0. The molecule has 0 saturated heterocycles. The third-order valence-electron chi connectivity index (χ3n) is 3.53. The van der Waals surface area contributed by atoms with Gasteiger partial charge in [-0.1, -0.05) is 26.0 Å². The number of nitrogens with one attached hydrogen (secondary N) is 1. The topological polar surface area (TPSA) is 44.7 Å². The van der Waals surface area contributed by atoms with Gasteiger partial charge in [0.2, 0.25) is 0 Å². The van der Waals surface area contributed by atoms with E-state index in [1.807, 2.05) is 31.2 Å². The van der Waals surface area contributed by atoms with E-state index in [1.165, 1.54) is 0 Å². The highest BCUT2D eigenvalue weighted by Crippen LogP contribution is 2.12. The standard InChI is InChI=1S/C17H30N2O2/c1-4-19(5-2)11-7-10-18-13-16(20)14-21-17-9-6-8-15(3)12-17/h6,8-9,12,16,18,20H,4-5,7,10-11,13-14H2,1-3H3. The Morgan fingerprint density at radius 3 is 2.71 bits per heavy atom. The van der Waals surface area contributed by atoms with Crippen LogP contribution in [0.4, 0.5) is 0 Å². The number of hydrogen-bond donors (Lipinski definition) is 2. The van der Waals surface area contributed by atoms with Gasteiger partial charge >= 0.3 is 0 Å². The van der Waals surface area contributed by atoms with Crippen molar-refractivity contribution in [3.8, 4) is 5.75 Å². The Bertz CT molecular complexity index is 381. The molecule has 1 atom stereocenters. The fourth-order valence-corrected chi connectivity index (χ4v) is 2.19. The van der Waals surface area contributed by atoms with E-state index >= 15 is 0 Å².